The minimum absolute atomic E-state index is 0.160. The molecule has 6 heteroatoms. The molecular formula is C15H15N3O3. The molecule has 0 saturated carbocycles. The Labute approximate surface area is 120 Å². The first-order valence-corrected chi connectivity index (χ1v) is 6.46. The maximum Gasteiger partial charge on any atom is 0.272 e. The van der Waals surface area contributed by atoms with Crippen LogP contribution in [0.5, 0.6) is 5.75 Å². The van der Waals surface area contributed by atoms with Gasteiger partial charge in [0.2, 0.25) is 0 Å². The van der Waals surface area contributed by atoms with Crippen molar-refractivity contribution in [3.05, 3.63) is 52.4 Å². The van der Waals surface area contributed by atoms with Gasteiger partial charge in [0.15, 0.2) is 5.65 Å². The summed E-state index contributed by atoms with van der Waals surface area (Å²) >= 11 is 0. The van der Waals surface area contributed by atoms with Gasteiger partial charge in [-0.05, 0) is 29.8 Å². The first-order chi connectivity index (χ1) is 10.2. The van der Waals surface area contributed by atoms with Crippen molar-refractivity contribution in [2.24, 2.45) is 0 Å². The van der Waals surface area contributed by atoms with E-state index < -0.39 is 0 Å². The van der Waals surface area contributed by atoms with Crippen molar-refractivity contribution in [2.45, 2.75) is 6.61 Å². The summed E-state index contributed by atoms with van der Waals surface area (Å²) in [4.78, 5) is 16.4. The highest BCUT2D eigenvalue weighted by Crippen LogP contribution is 2.21. The molecule has 21 heavy (non-hydrogen) atoms. The molecule has 3 rings (SSSR count). The zero-order valence-corrected chi connectivity index (χ0v) is 11.8. The molecule has 2 aromatic heterocycles. The van der Waals surface area contributed by atoms with E-state index in [0.717, 1.165) is 17.0 Å². The number of rotatable bonds is 4. The SMILES string of the molecule is COCc1cc(=O)n2[nH]c(-c3ccc(OC)cc3)cc2n1. The van der Waals surface area contributed by atoms with E-state index in [-0.39, 0.29) is 5.56 Å². The van der Waals surface area contributed by atoms with Gasteiger partial charge in [-0.3, -0.25) is 9.89 Å². The highest BCUT2D eigenvalue weighted by molar-refractivity contribution is 5.64. The molecule has 0 saturated heterocycles. The molecule has 108 valence electrons. The van der Waals surface area contributed by atoms with Gasteiger partial charge in [0.25, 0.3) is 5.56 Å². The standard InChI is InChI=1S/C15H15N3O3/c1-20-9-11-7-15(19)18-14(16-11)8-13(17-18)10-3-5-12(21-2)6-4-10/h3-8,17H,9H2,1-2H3. The van der Waals surface area contributed by atoms with Crippen molar-refractivity contribution in [1.29, 1.82) is 0 Å². The van der Waals surface area contributed by atoms with E-state index in [0.29, 0.717) is 17.9 Å². The second-order valence-corrected chi connectivity index (χ2v) is 4.61. The second kappa shape index (κ2) is 5.41. The molecule has 1 N–H and O–H groups in total. The molecule has 6 nitrogen and oxygen atoms in total. The number of hydrogen-bond acceptors (Lipinski definition) is 4. The van der Waals surface area contributed by atoms with Crippen LogP contribution in [0.15, 0.2) is 41.2 Å². The summed E-state index contributed by atoms with van der Waals surface area (Å²) in [6.07, 6.45) is 0. The minimum Gasteiger partial charge on any atom is -0.497 e. The number of hydrogen-bond donors (Lipinski definition) is 1. The van der Waals surface area contributed by atoms with Gasteiger partial charge in [-0.1, -0.05) is 0 Å². The average Bonchev–Trinajstić information content (AvgIpc) is 2.92. The highest BCUT2D eigenvalue weighted by Gasteiger charge is 2.08. The lowest BCUT2D eigenvalue weighted by Gasteiger charge is -2.00. The minimum atomic E-state index is -0.160. The number of H-pyrrole nitrogens is 1. The Morgan fingerprint density at radius 2 is 1.95 bits per heavy atom. The summed E-state index contributed by atoms with van der Waals surface area (Å²) in [5.41, 5.74) is 2.79. The van der Waals surface area contributed by atoms with Crippen molar-refractivity contribution < 1.29 is 9.47 Å². The van der Waals surface area contributed by atoms with Crippen LogP contribution in [0.4, 0.5) is 0 Å². The van der Waals surface area contributed by atoms with Gasteiger partial charge in [0, 0.05) is 19.2 Å². The average molecular weight is 285 g/mol. The number of ether oxygens (including phenoxy) is 2. The number of nitrogens with zero attached hydrogens (tertiary/aromatic N) is 2. The van der Waals surface area contributed by atoms with E-state index in [1.807, 2.05) is 30.3 Å². The van der Waals surface area contributed by atoms with E-state index in [1.165, 1.54) is 10.6 Å². The van der Waals surface area contributed by atoms with Gasteiger partial charge < -0.3 is 9.47 Å². The fraction of sp³-hybridized carbons (Fsp3) is 0.200. The summed E-state index contributed by atoms with van der Waals surface area (Å²) in [5, 5.41) is 3.05. The summed E-state index contributed by atoms with van der Waals surface area (Å²) in [6, 6.07) is 10.9. The van der Waals surface area contributed by atoms with Crippen LogP contribution in [-0.2, 0) is 11.3 Å². The molecule has 0 atom stereocenters. The molecule has 0 aliphatic rings. The Balaban J connectivity index is 2.07. The smallest absolute Gasteiger partial charge is 0.272 e. The molecule has 0 unspecified atom stereocenters. The number of methoxy groups -OCH3 is 2. The zero-order valence-electron chi connectivity index (χ0n) is 11.8. The number of benzene rings is 1. The molecule has 2 heterocycles. The monoisotopic (exact) mass is 285 g/mol. The maximum absolute atomic E-state index is 12.0. The van der Waals surface area contributed by atoms with Crippen LogP contribution in [0, 0.1) is 0 Å². The number of aromatic amines is 1. The Hall–Kier alpha value is -2.60. The van der Waals surface area contributed by atoms with Crippen LogP contribution in [-0.4, -0.2) is 28.8 Å². The lowest BCUT2D eigenvalue weighted by atomic mass is 10.1. The van der Waals surface area contributed by atoms with Gasteiger partial charge in [-0.25, -0.2) is 9.50 Å². The fourth-order valence-electron chi connectivity index (χ4n) is 2.18. The van der Waals surface area contributed by atoms with Gasteiger partial charge in [0.05, 0.1) is 25.1 Å². The molecule has 0 radical (unpaired) electrons. The first kappa shape index (κ1) is 13.4. The molecule has 0 aliphatic heterocycles. The van der Waals surface area contributed by atoms with Crippen LogP contribution < -0.4 is 10.3 Å². The van der Waals surface area contributed by atoms with Gasteiger partial charge in [-0.2, -0.15) is 0 Å². The third-order valence-corrected chi connectivity index (χ3v) is 3.20. The van der Waals surface area contributed by atoms with Crippen molar-refractivity contribution in [1.82, 2.24) is 14.6 Å². The Kier molecular flexibility index (Phi) is 3.45. The second-order valence-electron chi connectivity index (χ2n) is 4.61. The van der Waals surface area contributed by atoms with E-state index >= 15 is 0 Å². The molecule has 0 amide bonds. The third kappa shape index (κ3) is 2.53. The van der Waals surface area contributed by atoms with E-state index in [2.05, 4.69) is 10.1 Å². The summed E-state index contributed by atoms with van der Waals surface area (Å²) in [5.74, 6) is 0.785. The summed E-state index contributed by atoms with van der Waals surface area (Å²) in [7, 11) is 3.20. The normalized spacial score (nSPS) is 11.0. The first-order valence-electron chi connectivity index (χ1n) is 6.46. The maximum atomic E-state index is 12.0. The molecule has 0 aliphatic carbocycles. The van der Waals surface area contributed by atoms with Crippen molar-refractivity contribution in [3.8, 4) is 17.0 Å². The number of fused-ring (bicyclic) bond motifs is 1. The van der Waals surface area contributed by atoms with Gasteiger partial charge in [0.1, 0.15) is 5.75 Å². The van der Waals surface area contributed by atoms with Crippen LogP contribution in [0.25, 0.3) is 16.9 Å². The Bertz CT molecular complexity index is 818. The predicted molar refractivity (Wildman–Crippen MR) is 78.5 cm³/mol. The van der Waals surface area contributed by atoms with Crippen LogP contribution in [0.3, 0.4) is 0 Å². The summed E-state index contributed by atoms with van der Waals surface area (Å²) < 4.78 is 11.6. The van der Waals surface area contributed by atoms with E-state index in [1.54, 1.807) is 14.2 Å². The van der Waals surface area contributed by atoms with E-state index in [4.69, 9.17) is 9.47 Å². The molecule has 3 aromatic rings. The quantitative estimate of drug-likeness (QED) is 0.794. The van der Waals surface area contributed by atoms with Crippen molar-refractivity contribution in [2.75, 3.05) is 14.2 Å². The van der Waals surface area contributed by atoms with Gasteiger partial charge >= 0.3 is 0 Å². The predicted octanol–water partition coefficient (Wildman–Crippen LogP) is 1.84. The van der Waals surface area contributed by atoms with Crippen LogP contribution in [0.1, 0.15) is 5.69 Å². The Morgan fingerprint density at radius 3 is 2.62 bits per heavy atom. The largest absolute Gasteiger partial charge is 0.497 e. The van der Waals surface area contributed by atoms with Crippen LogP contribution >= 0.6 is 0 Å². The molecule has 0 fully saturated rings. The topological polar surface area (TPSA) is 68.6 Å². The lowest BCUT2D eigenvalue weighted by molar-refractivity contribution is 0.181. The van der Waals surface area contributed by atoms with E-state index in [9.17, 15) is 4.79 Å². The third-order valence-electron chi connectivity index (χ3n) is 3.20. The lowest BCUT2D eigenvalue weighted by Crippen LogP contribution is -2.15. The Morgan fingerprint density at radius 1 is 1.19 bits per heavy atom. The highest BCUT2D eigenvalue weighted by atomic mass is 16.5. The molecule has 1 aromatic carbocycles. The fourth-order valence-corrected chi connectivity index (χ4v) is 2.18. The van der Waals surface area contributed by atoms with Crippen LogP contribution in [0.2, 0.25) is 0 Å². The van der Waals surface area contributed by atoms with Crippen molar-refractivity contribution in [3.63, 3.8) is 0 Å². The van der Waals surface area contributed by atoms with Crippen molar-refractivity contribution >= 4 is 5.65 Å². The molecule has 0 bridgehead atoms. The number of aromatic nitrogens is 3. The molecule has 0 spiro atoms. The number of nitrogens with one attached hydrogen (secondary N) is 1. The molecular weight excluding hydrogens is 270 g/mol. The zero-order chi connectivity index (χ0) is 14.8. The van der Waals surface area contributed by atoms with Gasteiger partial charge in [-0.15, -0.1) is 0 Å². The summed E-state index contributed by atoms with van der Waals surface area (Å²) in [6.45, 7) is 0.314.